The van der Waals surface area contributed by atoms with Gasteiger partial charge in [-0.1, -0.05) is 61.2 Å². The molecule has 0 N–H and O–H groups in total. The molecule has 200 valence electrons. The van der Waals surface area contributed by atoms with Crippen molar-refractivity contribution in [1.29, 1.82) is 10.5 Å². The van der Waals surface area contributed by atoms with Gasteiger partial charge >= 0.3 is 12.3 Å². The van der Waals surface area contributed by atoms with Gasteiger partial charge in [0.1, 0.15) is 5.82 Å². The van der Waals surface area contributed by atoms with Gasteiger partial charge in [0.2, 0.25) is 5.60 Å². The van der Waals surface area contributed by atoms with E-state index in [4.69, 9.17) is 15.3 Å². The van der Waals surface area contributed by atoms with Crippen LogP contribution in [0.1, 0.15) is 33.4 Å². The number of alkyl halides is 5. The fourth-order valence-electron chi connectivity index (χ4n) is 4.22. The summed E-state index contributed by atoms with van der Waals surface area (Å²) >= 11 is 0. The molecular weight excluding hydrogens is 530 g/mol. The average Bonchev–Trinajstić information content (AvgIpc) is 2.95. The van der Waals surface area contributed by atoms with E-state index in [2.05, 4.69) is 6.58 Å². The molecule has 0 heterocycles. The Balaban J connectivity index is 1.83. The van der Waals surface area contributed by atoms with Crippen LogP contribution in [0.25, 0.3) is 17.2 Å². The molecule has 0 radical (unpaired) electrons. The molecule has 0 unspecified atom stereocenters. The third kappa shape index (κ3) is 5.20. The highest BCUT2D eigenvalue weighted by molar-refractivity contribution is 5.66. The smallest absolute Gasteiger partial charge is 0.290 e. The summed E-state index contributed by atoms with van der Waals surface area (Å²) in [6, 6.07) is 19.5. The second kappa shape index (κ2) is 10.7. The van der Waals surface area contributed by atoms with Crippen LogP contribution in [-0.4, -0.2) is 6.18 Å². The monoisotopic (exact) mass is 548 g/mol. The first-order valence-corrected chi connectivity index (χ1v) is 11.6. The lowest BCUT2D eigenvalue weighted by atomic mass is 9.84. The number of hydrogen-bond donors (Lipinski definition) is 0. The summed E-state index contributed by atoms with van der Waals surface area (Å²) in [6.45, 7) is 3.55. The first kappa shape index (κ1) is 28.2. The summed E-state index contributed by atoms with van der Waals surface area (Å²) < 4.78 is 95.3. The Labute approximate surface area is 225 Å². The molecule has 0 bridgehead atoms. The van der Waals surface area contributed by atoms with Crippen LogP contribution in [-0.2, 0) is 16.4 Å². The van der Waals surface area contributed by atoms with Gasteiger partial charge in [-0.05, 0) is 64.7 Å². The molecule has 0 fully saturated rings. The van der Waals surface area contributed by atoms with E-state index in [0.29, 0.717) is 5.56 Å². The molecule has 0 aliphatic heterocycles. The molecule has 9 heteroatoms. The van der Waals surface area contributed by atoms with Gasteiger partial charge in [-0.3, -0.25) is 4.74 Å². The molecule has 0 aliphatic carbocycles. The van der Waals surface area contributed by atoms with Crippen molar-refractivity contribution >= 4 is 6.08 Å². The summed E-state index contributed by atoms with van der Waals surface area (Å²) in [7, 11) is 0. The molecule has 0 atom stereocenters. The van der Waals surface area contributed by atoms with E-state index in [1.807, 2.05) is 0 Å². The quantitative estimate of drug-likeness (QED) is 0.218. The number of nitriles is 2. The van der Waals surface area contributed by atoms with Crippen molar-refractivity contribution in [2.75, 3.05) is 0 Å². The largest absolute Gasteiger partial charge is 0.426 e. The van der Waals surface area contributed by atoms with Crippen LogP contribution < -0.4 is 0 Å². The Morgan fingerprint density at radius 2 is 1.15 bits per heavy atom. The molecule has 0 saturated carbocycles. The van der Waals surface area contributed by atoms with Crippen molar-refractivity contribution in [3.05, 3.63) is 137 Å². The van der Waals surface area contributed by atoms with Crippen LogP contribution in [0.5, 0.6) is 0 Å². The first-order valence-electron chi connectivity index (χ1n) is 11.6. The molecule has 0 aromatic heterocycles. The fraction of sp³-hybridized carbons (Fsp3) is 0.0968. The van der Waals surface area contributed by atoms with E-state index >= 15 is 8.78 Å². The van der Waals surface area contributed by atoms with E-state index < -0.39 is 40.4 Å². The van der Waals surface area contributed by atoms with Gasteiger partial charge in [0, 0.05) is 5.56 Å². The van der Waals surface area contributed by atoms with Crippen LogP contribution in [0.4, 0.5) is 26.3 Å². The number of nitrogens with zero attached hydrogens (tertiary/aromatic N) is 2. The van der Waals surface area contributed by atoms with Crippen LogP contribution in [0, 0.1) is 28.5 Å². The van der Waals surface area contributed by atoms with Crippen LogP contribution >= 0.6 is 0 Å². The lowest BCUT2D eigenvalue weighted by Crippen LogP contribution is -2.49. The van der Waals surface area contributed by atoms with Gasteiger partial charge in [0.05, 0.1) is 28.8 Å². The Morgan fingerprint density at radius 1 is 0.675 bits per heavy atom. The minimum absolute atomic E-state index is 0.00959. The minimum atomic E-state index is -5.42. The van der Waals surface area contributed by atoms with Crippen molar-refractivity contribution < 1.29 is 31.1 Å². The molecule has 3 nitrogen and oxygen atoms in total. The predicted octanol–water partition coefficient (Wildman–Crippen LogP) is 8.45. The molecule has 4 rings (SSSR count). The van der Waals surface area contributed by atoms with E-state index in [-0.39, 0.29) is 22.3 Å². The van der Waals surface area contributed by atoms with Crippen molar-refractivity contribution in [1.82, 2.24) is 0 Å². The SMILES string of the molecule is C=Cc1ccc(-c2ccc(C(F)(F)OC(c3ccc(C#N)cc3)(c3ccc(C#N)cc3)C(F)(F)F)cc2)c(F)c1. The van der Waals surface area contributed by atoms with Crippen LogP contribution in [0.2, 0.25) is 0 Å². The van der Waals surface area contributed by atoms with Crippen LogP contribution in [0.3, 0.4) is 0 Å². The number of ether oxygens (including phenoxy) is 1. The van der Waals surface area contributed by atoms with Crippen molar-refractivity contribution in [2.45, 2.75) is 17.9 Å². The van der Waals surface area contributed by atoms with Gasteiger partial charge in [-0.15, -0.1) is 0 Å². The second-order valence-electron chi connectivity index (χ2n) is 8.70. The molecule has 0 aliphatic rings. The zero-order valence-corrected chi connectivity index (χ0v) is 20.5. The van der Waals surface area contributed by atoms with Crippen molar-refractivity contribution in [3.8, 4) is 23.3 Å². The van der Waals surface area contributed by atoms with E-state index in [1.54, 1.807) is 18.2 Å². The summed E-state index contributed by atoms with van der Waals surface area (Å²) in [5, 5.41) is 18.1. The third-order valence-electron chi connectivity index (χ3n) is 6.28. The minimum Gasteiger partial charge on any atom is -0.290 e. The normalized spacial score (nSPS) is 11.9. The molecule has 0 spiro atoms. The lowest BCUT2D eigenvalue weighted by molar-refractivity contribution is -0.370. The molecule has 4 aromatic rings. The summed E-state index contributed by atoms with van der Waals surface area (Å²) in [5.74, 6) is -0.633. The molecule has 40 heavy (non-hydrogen) atoms. The summed E-state index contributed by atoms with van der Waals surface area (Å²) in [5.41, 5.74) is -5.17. The highest BCUT2D eigenvalue weighted by Gasteiger charge is 2.63. The predicted molar refractivity (Wildman–Crippen MR) is 136 cm³/mol. The van der Waals surface area contributed by atoms with Gasteiger partial charge in [-0.2, -0.15) is 32.5 Å². The Bertz CT molecular complexity index is 1550. The standard InChI is InChI=1S/C31H18F6N2O/c1-2-20-7-16-27(28(32)17-20)23-8-14-26(15-9-23)30(33,34)40-29(31(35,36)37,24-10-3-21(18-38)4-11-24)25-12-5-22(19-39)6-13-25/h2-17H,1H2. The van der Waals surface area contributed by atoms with E-state index in [9.17, 15) is 17.6 Å². The summed E-state index contributed by atoms with van der Waals surface area (Å²) in [4.78, 5) is 0. The number of halogens is 6. The van der Waals surface area contributed by atoms with Crippen molar-refractivity contribution in [3.63, 3.8) is 0 Å². The zero-order valence-electron chi connectivity index (χ0n) is 20.5. The highest BCUT2D eigenvalue weighted by Crippen LogP contribution is 2.52. The maximum Gasteiger partial charge on any atom is 0.426 e. The number of rotatable bonds is 7. The highest BCUT2D eigenvalue weighted by atomic mass is 19.4. The van der Waals surface area contributed by atoms with Gasteiger partial charge < -0.3 is 0 Å². The zero-order chi connectivity index (χ0) is 29.1. The van der Waals surface area contributed by atoms with E-state index in [0.717, 1.165) is 72.8 Å². The molecule has 0 saturated heterocycles. The van der Waals surface area contributed by atoms with Gasteiger partial charge in [0.15, 0.2) is 0 Å². The number of benzene rings is 4. The maximum absolute atomic E-state index is 15.6. The number of hydrogen-bond acceptors (Lipinski definition) is 3. The Kier molecular flexibility index (Phi) is 7.55. The first-order chi connectivity index (χ1) is 18.9. The second-order valence-corrected chi connectivity index (χ2v) is 8.70. The average molecular weight is 548 g/mol. The molecule has 4 aromatic carbocycles. The van der Waals surface area contributed by atoms with Crippen molar-refractivity contribution in [2.24, 2.45) is 0 Å². The Morgan fingerprint density at radius 3 is 1.55 bits per heavy atom. The van der Waals surface area contributed by atoms with Crippen LogP contribution in [0.15, 0.2) is 97.6 Å². The topological polar surface area (TPSA) is 56.8 Å². The maximum atomic E-state index is 15.6. The van der Waals surface area contributed by atoms with Gasteiger partial charge in [0.25, 0.3) is 0 Å². The Hall–Kier alpha value is -4.86. The third-order valence-corrected chi connectivity index (χ3v) is 6.28. The molecular formula is C31H18F6N2O. The molecule has 0 amide bonds. The summed E-state index contributed by atoms with van der Waals surface area (Å²) in [6.07, 6.45) is -8.49. The van der Waals surface area contributed by atoms with E-state index in [1.165, 1.54) is 18.2 Å². The lowest BCUT2D eigenvalue weighted by Gasteiger charge is -2.39. The fourth-order valence-corrected chi connectivity index (χ4v) is 4.22. The van der Waals surface area contributed by atoms with Gasteiger partial charge in [-0.25, -0.2) is 4.39 Å².